The molecule has 1 aromatic heterocycles. The van der Waals surface area contributed by atoms with Crippen molar-refractivity contribution in [1.82, 2.24) is 20.1 Å². The summed E-state index contributed by atoms with van der Waals surface area (Å²) in [6.45, 7) is 2.10. The highest BCUT2D eigenvalue weighted by Crippen LogP contribution is 2.26. The maximum Gasteiger partial charge on any atom is 0.233 e. The average Bonchev–Trinajstić information content (AvgIpc) is 3.17. The molecule has 1 atom stereocenters. The van der Waals surface area contributed by atoms with Gasteiger partial charge in [-0.1, -0.05) is 50.4 Å². The normalized spacial score (nSPS) is 16.1. The number of aromatic nitrogens is 3. The van der Waals surface area contributed by atoms with Gasteiger partial charge in [0.2, 0.25) is 11.1 Å². The number of amides is 1. The SMILES string of the molecule is CCCC(Sc1ncn(-c2cccc(OC)c2)n1)C(=O)NC1CCCCC1. The van der Waals surface area contributed by atoms with Crippen molar-refractivity contribution in [2.75, 3.05) is 7.11 Å². The van der Waals surface area contributed by atoms with Gasteiger partial charge in [0.05, 0.1) is 18.0 Å². The second kappa shape index (κ2) is 9.78. The van der Waals surface area contributed by atoms with Gasteiger partial charge in [0.15, 0.2) is 0 Å². The first-order valence-electron chi connectivity index (χ1n) is 9.72. The fourth-order valence-corrected chi connectivity index (χ4v) is 4.38. The Morgan fingerprint density at radius 3 is 2.93 bits per heavy atom. The van der Waals surface area contributed by atoms with E-state index in [4.69, 9.17) is 4.74 Å². The number of ether oxygens (including phenoxy) is 1. The van der Waals surface area contributed by atoms with Crippen molar-refractivity contribution in [2.45, 2.75) is 68.3 Å². The molecule has 7 heteroatoms. The highest BCUT2D eigenvalue weighted by atomic mass is 32.2. The van der Waals surface area contributed by atoms with Crippen molar-refractivity contribution in [3.05, 3.63) is 30.6 Å². The van der Waals surface area contributed by atoms with Gasteiger partial charge in [-0.05, 0) is 31.4 Å². The van der Waals surface area contributed by atoms with Crippen LogP contribution in [-0.2, 0) is 4.79 Å². The molecular weight excluding hydrogens is 360 g/mol. The zero-order chi connectivity index (χ0) is 19.1. The van der Waals surface area contributed by atoms with E-state index in [1.165, 1.54) is 31.0 Å². The number of methoxy groups -OCH3 is 1. The quantitative estimate of drug-likeness (QED) is 0.693. The number of rotatable bonds is 8. The summed E-state index contributed by atoms with van der Waals surface area (Å²) >= 11 is 1.45. The fraction of sp³-hybridized carbons (Fsp3) is 0.550. The van der Waals surface area contributed by atoms with E-state index in [0.717, 1.165) is 37.1 Å². The summed E-state index contributed by atoms with van der Waals surface area (Å²) in [4.78, 5) is 17.1. The van der Waals surface area contributed by atoms with Crippen LogP contribution < -0.4 is 10.1 Å². The number of nitrogens with zero attached hydrogens (tertiary/aromatic N) is 3. The van der Waals surface area contributed by atoms with E-state index >= 15 is 0 Å². The summed E-state index contributed by atoms with van der Waals surface area (Å²) in [7, 11) is 1.64. The van der Waals surface area contributed by atoms with Crippen LogP contribution in [0.5, 0.6) is 5.75 Å². The third-order valence-corrected chi connectivity index (χ3v) is 5.96. The van der Waals surface area contributed by atoms with Gasteiger partial charge >= 0.3 is 0 Å². The summed E-state index contributed by atoms with van der Waals surface area (Å²) in [5.41, 5.74) is 0.882. The number of carbonyl (C=O) groups is 1. The van der Waals surface area contributed by atoms with E-state index < -0.39 is 0 Å². The number of thioether (sulfide) groups is 1. The van der Waals surface area contributed by atoms with Crippen LogP contribution in [0.1, 0.15) is 51.9 Å². The van der Waals surface area contributed by atoms with Crippen LogP contribution >= 0.6 is 11.8 Å². The lowest BCUT2D eigenvalue weighted by atomic mass is 9.95. The van der Waals surface area contributed by atoms with Gasteiger partial charge in [0, 0.05) is 12.1 Å². The molecule has 1 heterocycles. The van der Waals surface area contributed by atoms with Crippen LogP contribution in [0, 0.1) is 0 Å². The third kappa shape index (κ3) is 5.48. The van der Waals surface area contributed by atoms with Crippen molar-refractivity contribution in [2.24, 2.45) is 0 Å². The van der Waals surface area contributed by atoms with Gasteiger partial charge in [0.25, 0.3) is 0 Å². The Balaban J connectivity index is 1.65. The minimum Gasteiger partial charge on any atom is -0.497 e. The zero-order valence-electron chi connectivity index (χ0n) is 16.1. The molecule has 0 saturated heterocycles. The summed E-state index contributed by atoms with van der Waals surface area (Å²) in [6, 6.07) is 7.99. The molecule has 1 fully saturated rings. The summed E-state index contributed by atoms with van der Waals surface area (Å²) in [6.07, 6.45) is 9.34. The molecule has 1 saturated carbocycles. The molecule has 1 aliphatic rings. The van der Waals surface area contributed by atoms with Crippen LogP contribution in [0.15, 0.2) is 35.7 Å². The Morgan fingerprint density at radius 2 is 2.19 bits per heavy atom. The molecule has 27 heavy (non-hydrogen) atoms. The van der Waals surface area contributed by atoms with Gasteiger partial charge in [0.1, 0.15) is 12.1 Å². The Bertz CT molecular complexity index is 743. The van der Waals surface area contributed by atoms with Gasteiger partial charge in [-0.25, -0.2) is 9.67 Å². The largest absolute Gasteiger partial charge is 0.497 e. The molecule has 1 N–H and O–H groups in total. The summed E-state index contributed by atoms with van der Waals surface area (Å²) < 4.78 is 6.98. The van der Waals surface area contributed by atoms with Crippen LogP contribution in [0.25, 0.3) is 5.69 Å². The molecule has 0 bridgehead atoms. The smallest absolute Gasteiger partial charge is 0.233 e. The Labute approximate surface area is 165 Å². The van der Waals surface area contributed by atoms with Crippen molar-refractivity contribution >= 4 is 17.7 Å². The number of nitrogens with one attached hydrogen (secondary N) is 1. The summed E-state index contributed by atoms with van der Waals surface area (Å²) in [5.74, 6) is 0.888. The molecule has 2 aromatic rings. The van der Waals surface area contributed by atoms with Gasteiger partial charge in [-0.3, -0.25) is 4.79 Å². The van der Waals surface area contributed by atoms with Gasteiger partial charge in [-0.15, -0.1) is 5.10 Å². The highest BCUT2D eigenvalue weighted by molar-refractivity contribution is 8.00. The molecule has 1 aromatic carbocycles. The first kappa shape index (κ1) is 19.7. The van der Waals surface area contributed by atoms with Crippen LogP contribution in [0.4, 0.5) is 0 Å². The molecule has 1 aliphatic carbocycles. The van der Waals surface area contributed by atoms with E-state index in [-0.39, 0.29) is 11.2 Å². The molecular formula is C20H28N4O2S. The molecule has 146 valence electrons. The Kier molecular flexibility index (Phi) is 7.15. The maximum absolute atomic E-state index is 12.8. The lowest BCUT2D eigenvalue weighted by Crippen LogP contribution is -2.41. The number of benzene rings is 1. The first-order chi connectivity index (χ1) is 13.2. The minimum absolute atomic E-state index is 0.117. The van der Waals surface area contributed by atoms with E-state index in [0.29, 0.717) is 11.2 Å². The van der Waals surface area contributed by atoms with E-state index in [2.05, 4.69) is 22.3 Å². The average molecular weight is 389 g/mol. The standard InChI is InChI=1S/C20H28N4O2S/c1-3-8-18(19(25)22-15-9-5-4-6-10-15)27-20-21-14-24(23-20)16-11-7-12-17(13-16)26-2/h7,11-15,18H,3-6,8-10H2,1-2H3,(H,22,25). The van der Waals surface area contributed by atoms with Crippen LogP contribution in [-0.4, -0.2) is 39.1 Å². The first-order valence-corrected chi connectivity index (χ1v) is 10.6. The van der Waals surface area contributed by atoms with Crippen LogP contribution in [0.3, 0.4) is 0 Å². The fourth-order valence-electron chi connectivity index (χ4n) is 3.35. The Hall–Kier alpha value is -2.02. The monoisotopic (exact) mass is 388 g/mol. The second-order valence-electron chi connectivity index (χ2n) is 6.91. The van der Waals surface area contributed by atoms with E-state index in [1.807, 2.05) is 24.3 Å². The van der Waals surface area contributed by atoms with Crippen molar-refractivity contribution in [3.8, 4) is 11.4 Å². The highest BCUT2D eigenvalue weighted by Gasteiger charge is 2.24. The molecule has 1 amide bonds. The predicted molar refractivity (Wildman–Crippen MR) is 107 cm³/mol. The lowest BCUT2D eigenvalue weighted by molar-refractivity contribution is -0.121. The molecule has 3 rings (SSSR count). The topological polar surface area (TPSA) is 69.0 Å². The zero-order valence-corrected chi connectivity index (χ0v) is 16.9. The second-order valence-corrected chi connectivity index (χ2v) is 8.08. The molecule has 0 aliphatic heterocycles. The predicted octanol–water partition coefficient (Wildman–Crippen LogP) is 3.99. The number of hydrogen-bond donors (Lipinski definition) is 1. The number of carbonyl (C=O) groups excluding carboxylic acids is 1. The number of hydrogen-bond acceptors (Lipinski definition) is 5. The van der Waals surface area contributed by atoms with Crippen molar-refractivity contribution < 1.29 is 9.53 Å². The minimum atomic E-state index is -0.155. The Morgan fingerprint density at radius 1 is 1.37 bits per heavy atom. The molecule has 6 nitrogen and oxygen atoms in total. The van der Waals surface area contributed by atoms with E-state index in [1.54, 1.807) is 18.1 Å². The summed E-state index contributed by atoms with van der Waals surface area (Å²) in [5, 5.41) is 8.24. The molecule has 0 spiro atoms. The van der Waals surface area contributed by atoms with Crippen molar-refractivity contribution in [1.29, 1.82) is 0 Å². The lowest BCUT2D eigenvalue weighted by Gasteiger charge is -2.25. The van der Waals surface area contributed by atoms with Crippen molar-refractivity contribution in [3.63, 3.8) is 0 Å². The van der Waals surface area contributed by atoms with Gasteiger partial charge in [-0.2, -0.15) is 0 Å². The van der Waals surface area contributed by atoms with Crippen LogP contribution in [0.2, 0.25) is 0 Å². The molecule has 1 unspecified atom stereocenters. The van der Waals surface area contributed by atoms with E-state index in [9.17, 15) is 4.79 Å². The third-order valence-electron chi connectivity index (χ3n) is 4.83. The molecule has 0 radical (unpaired) electrons. The maximum atomic E-state index is 12.8. The van der Waals surface area contributed by atoms with Gasteiger partial charge < -0.3 is 10.1 Å².